The van der Waals surface area contributed by atoms with Gasteiger partial charge in [-0.15, -0.1) is 0 Å². The fourth-order valence-electron chi connectivity index (χ4n) is 7.15. The van der Waals surface area contributed by atoms with E-state index in [-0.39, 0.29) is 17.9 Å². The summed E-state index contributed by atoms with van der Waals surface area (Å²) in [6.45, 7) is 13.7. The Bertz CT molecular complexity index is 811. The van der Waals surface area contributed by atoms with Crippen LogP contribution in [-0.4, -0.2) is 61.4 Å². The number of morpholine rings is 1. The van der Waals surface area contributed by atoms with Gasteiger partial charge < -0.3 is 14.6 Å². The van der Waals surface area contributed by atoms with Gasteiger partial charge in [0, 0.05) is 31.5 Å². The van der Waals surface area contributed by atoms with E-state index in [0.29, 0.717) is 18.4 Å². The van der Waals surface area contributed by atoms with E-state index in [1.807, 2.05) is 13.8 Å². The van der Waals surface area contributed by atoms with Crippen LogP contribution in [0.4, 0.5) is 0 Å². The second-order valence-corrected chi connectivity index (χ2v) is 11.8. The van der Waals surface area contributed by atoms with E-state index in [1.54, 1.807) is 0 Å². The highest BCUT2D eigenvalue weighted by molar-refractivity contribution is 5.31. The van der Waals surface area contributed by atoms with Gasteiger partial charge in [-0.25, -0.2) is 9.78 Å². The Kier molecular flexibility index (Phi) is 10.7. The molecule has 4 aliphatic rings. The SMILES string of the molecule is CC.CC1CC2CC(C)C(O)(OO[C@@H]3CCCC(c4cccc(OCCN5CCOCC5)c4)C3)C(C1)C2. The Morgan fingerprint density at radius 2 is 1.84 bits per heavy atom. The molecule has 1 aliphatic heterocycles. The zero-order chi connectivity index (χ0) is 26.3. The Morgan fingerprint density at radius 1 is 1.03 bits per heavy atom. The summed E-state index contributed by atoms with van der Waals surface area (Å²) >= 11 is 0. The average molecular weight is 518 g/mol. The van der Waals surface area contributed by atoms with Gasteiger partial charge in [-0.1, -0.05) is 46.2 Å². The summed E-state index contributed by atoms with van der Waals surface area (Å²) in [6, 6.07) is 8.57. The summed E-state index contributed by atoms with van der Waals surface area (Å²) in [5.41, 5.74) is 1.32. The van der Waals surface area contributed by atoms with Gasteiger partial charge in [0.05, 0.1) is 19.3 Å². The highest BCUT2D eigenvalue weighted by atomic mass is 17.2. The molecule has 0 amide bonds. The molecule has 0 spiro atoms. The van der Waals surface area contributed by atoms with Crippen molar-refractivity contribution in [1.29, 1.82) is 0 Å². The monoisotopic (exact) mass is 517 g/mol. The number of hydrogen-bond acceptors (Lipinski definition) is 6. The molecule has 7 atom stereocenters. The first-order valence-corrected chi connectivity index (χ1v) is 15.1. The number of ether oxygens (including phenoxy) is 2. The fraction of sp³-hybridized carbons (Fsp3) is 0.806. The molecule has 37 heavy (non-hydrogen) atoms. The van der Waals surface area contributed by atoms with Crippen LogP contribution in [0.2, 0.25) is 0 Å². The number of aliphatic hydroxyl groups is 1. The first kappa shape index (κ1) is 28.8. The molecule has 6 nitrogen and oxygen atoms in total. The maximum atomic E-state index is 11.5. The van der Waals surface area contributed by atoms with Crippen molar-refractivity contribution in [3.05, 3.63) is 29.8 Å². The molecular weight excluding hydrogens is 466 g/mol. The lowest BCUT2D eigenvalue weighted by atomic mass is 9.62. The van der Waals surface area contributed by atoms with E-state index < -0.39 is 5.79 Å². The minimum absolute atomic E-state index is 0.0228. The number of benzene rings is 1. The molecule has 6 unspecified atom stereocenters. The second kappa shape index (κ2) is 13.7. The van der Waals surface area contributed by atoms with E-state index in [4.69, 9.17) is 19.2 Å². The van der Waals surface area contributed by atoms with Gasteiger partial charge in [-0.3, -0.25) is 4.90 Å². The van der Waals surface area contributed by atoms with Gasteiger partial charge >= 0.3 is 0 Å². The minimum atomic E-state index is -1.15. The first-order chi connectivity index (χ1) is 18.0. The van der Waals surface area contributed by atoms with Gasteiger partial charge in [0.15, 0.2) is 0 Å². The van der Waals surface area contributed by atoms with Crippen LogP contribution in [0.5, 0.6) is 5.75 Å². The lowest BCUT2D eigenvalue weighted by molar-refractivity contribution is -0.472. The van der Waals surface area contributed by atoms with Crippen LogP contribution in [0.1, 0.15) is 90.5 Å². The maximum absolute atomic E-state index is 11.5. The highest BCUT2D eigenvalue weighted by Gasteiger charge is 2.52. The molecule has 0 aromatic heterocycles. The molecule has 5 rings (SSSR count). The van der Waals surface area contributed by atoms with Crippen molar-refractivity contribution in [2.45, 2.75) is 96.9 Å². The van der Waals surface area contributed by atoms with Gasteiger partial charge in [0.2, 0.25) is 5.79 Å². The fourth-order valence-corrected chi connectivity index (χ4v) is 7.15. The highest BCUT2D eigenvalue weighted by Crippen LogP contribution is 2.51. The predicted molar refractivity (Wildman–Crippen MR) is 146 cm³/mol. The summed E-state index contributed by atoms with van der Waals surface area (Å²) in [6.07, 6.45) is 8.62. The third-order valence-corrected chi connectivity index (χ3v) is 9.07. The number of fused-ring (bicyclic) bond motifs is 2. The van der Waals surface area contributed by atoms with E-state index in [9.17, 15) is 5.11 Å². The topological polar surface area (TPSA) is 60.4 Å². The van der Waals surface area contributed by atoms with Crippen molar-refractivity contribution in [3.8, 4) is 5.75 Å². The molecule has 1 aromatic carbocycles. The van der Waals surface area contributed by atoms with Crippen molar-refractivity contribution in [3.63, 3.8) is 0 Å². The van der Waals surface area contributed by atoms with Crippen LogP contribution in [0.3, 0.4) is 0 Å². The average Bonchev–Trinajstić information content (AvgIpc) is 2.93. The minimum Gasteiger partial charge on any atom is -0.492 e. The van der Waals surface area contributed by atoms with Crippen molar-refractivity contribution in [2.75, 3.05) is 39.5 Å². The van der Waals surface area contributed by atoms with E-state index in [2.05, 4.69) is 43.0 Å². The van der Waals surface area contributed by atoms with Crippen molar-refractivity contribution < 1.29 is 24.4 Å². The summed E-state index contributed by atoms with van der Waals surface area (Å²) in [4.78, 5) is 14.4. The van der Waals surface area contributed by atoms with E-state index >= 15 is 0 Å². The normalized spacial score (nSPS) is 36.4. The zero-order valence-electron chi connectivity index (χ0n) is 23.7. The van der Waals surface area contributed by atoms with Gasteiger partial charge in [0.25, 0.3) is 0 Å². The Balaban J connectivity index is 0.00000156. The molecule has 1 heterocycles. The lowest BCUT2D eigenvalue weighted by Gasteiger charge is -2.50. The van der Waals surface area contributed by atoms with Gasteiger partial charge in [0.1, 0.15) is 12.4 Å². The lowest BCUT2D eigenvalue weighted by Crippen LogP contribution is -2.54. The van der Waals surface area contributed by atoms with Crippen LogP contribution in [0, 0.1) is 23.7 Å². The molecule has 3 aliphatic carbocycles. The number of hydrogen-bond donors (Lipinski definition) is 1. The first-order valence-electron chi connectivity index (χ1n) is 15.1. The summed E-state index contributed by atoms with van der Waals surface area (Å²) in [7, 11) is 0. The third kappa shape index (κ3) is 7.48. The molecule has 1 saturated heterocycles. The molecule has 0 radical (unpaired) electrons. The molecule has 210 valence electrons. The number of rotatable bonds is 8. The largest absolute Gasteiger partial charge is 0.492 e. The predicted octanol–water partition coefficient (Wildman–Crippen LogP) is 6.18. The Hall–Kier alpha value is -1.18. The van der Waals surface area contributed by atoms with Crippen molar-refractivity contribution in [1.82, 2.24) is 4.90 Å². The standard InChI is InChI=1S/C29H45NO5.C2H6/c1-21-15-23-17-22(2)29(31,26(16-21)18-23)35-34-28-8-4-6-25(20-28)24-5-3-7-27(19-24)33-14-11-30-9-12-32-13-10-30;1-2/h3,5,7,19,21-23,25-26,28,31H,4,6,8-18,20H2,1-2H3;1-2H3/t21?,22?,23?,25?,26?,28-,29?;/m1./s1. The molecule has 3 saturated carbocycles. The number of nitrogens with zero attached hydrogens (tertiary/aromatic N) is 1. The molecule has 6 heteroatoms. The van der Waals surface area contributed by atoms with Crippen LogP contribution in [-0.2, 0) is 14.5 Å². The maximum Gasteiger partial charge on any atom is 0.204 e. The third-order valence-electron chi connectivity index (χ3n) is 9.07. The summed E-state index contributed by atoms with van der Waals surface area (Å²) in [5.74, 6) is 1.91. The van der Waals surface area contributed by atoms with Gasteiger partial charge in [-0.05, 0) is 80.4 Å². The summed E-state index contributed by atoms with van der Waals surface area (Å²) < 4.78 is 11.5. The van der Waals surface area contributed by atoms with Crippen LogP contribution < -0.4 is 4.74 Å². The zero-order valence-corrected chi connectivity index (χ0v) is 23.7. The Morgan fingerprint density at radius 3 is 2.65 bits per heavy atom. The van der Waals surface area contributed by atoms with E-state index in [1.165, 1.54) is 12.0 Å². The molecule has 1 aromatic rings. The quantitative estimate of drug-likeness (QED) is 0.252. The second-order valence-electron chi connectivity index (χ2n) is 11.8. The molecule has 2 bridgehead atoms. The molecule has 4 fully saturated rings. The van der Waals surface area contributed by atoms with Crippen LogP contribution >= 0.6 is 0 Å². The smallest absolute Gasteiger partial charge is 0.204 e. The van der Waals surface area contributed by atoms with Crippen molar-refractivity contribution in [2.24, 2.45) is 23.7 Å². The Labute approximate surface area is 224 Å². The van der Waals surface area contributed by atoms with Crippen molar-refractivity contribution >= 4 is 0 Å². The summed E-state index contributed by atoms with van der Waals surface area (Å²) in [5, 5.41) is 11.5. The van der Waals surface area contributed by atoms with Crippen LogP contribution in [0.15, 0.2) is 24.3 Å². The van der Waals surface area contributed by atoms with Crippen LogP contribution in [0.25, 0.3) is 0 Å². The van der Waals surface area contributed by atoms with Gasteiger partial charge in [-0.2, -0.15) is 0 Å². The van der Waals surface area contributed by atoms with E-state index in [0.717, 1.165) is 89.5 Å². The molecular formula is C31H51NO5. The molecule has 1 N–H and O–H groups in total.